The molecule has 1 aromatic carbocycles. The number of Topliss-reactive ketones (excluding diaryl/α,β-unsaturated/α-hetero) is 1. The van der Waals surface area contributed by atoms with Gasteiger partial charge in [-0.3, -0.25) is 9.78 Å². The van der Waals surface area contributed by atoms with Crippen LogP contribution in [0.15, 0.2) is 48.7 Å². The Bertz CT molecular complexity index is 491. The van der Waals surface area contributed by atoms with Crippen molar-refractivity contribution in [1.29, 1.82) is 0 Å². The van der Waals surface area contributed by atoms with Gasteiger partial charge < -0.3 is 5.73 Å². The molecule has 1 heterocycles. The molecular formula is C14H14N2O. The predicted molar refractivity (Wildman–Crippen MR) is 67.5 cm³/mol. The molecule has 2 aromatic rings. The van der Waals surface area contributed by atoms with Gasteiger partial charge in [0.25, 0.3) is 0 Å². The summed E-state index contributed by atoms with van der Waals surface area (Å²) in [5.74, 6) is 0.161. The van der Waals surface area contributed by atoms with Crippen molar-refractivity contribution >= 4 is 11.5 Å². The highest BCUT2D eigenvalue weighted by molar-refractivity contribution is 5.82. The summed E-state index contributed by atoms with van der Waals surface area (Å²) < 4.78 is 0. The number of rotatable bonds is 4. The van der Waals surface area contributed by atoms with Crippen LogP contribution in [0.1, 0.15) is 11.3 Å². The Kier molecular flexibility index (Phi) is 3.50. The van der Waals surface area contributed by atoms with Crippen molar-refractivity contribution in [3.05, 3.63) is 59.9 Å². The van der Waals surface area contributed by atoms with Gasteiger partial charge in [0.15, 0.2) is 0 Å². The minimum absolute atomic E-state index is 0.161. The molecule has 0 fully saturated rings. The number of pyridine rings is 1. The second kappa shape index (κ2) is 5.25. The Labute approximate surface area is 100 Å². The maximum absolute atomic E-state index is 11.8. The summed E-state index contributed by atoms with van der Waals surface area (Å²) in [5, 5.41) is 0. The Morgan fingerprint density at radius 3 is 2.47 bits per heavy atom. The number of nitrogens with two attached hydrogens (primary N) is 1. The van der Waals surface area contributed by atoms with E-state index in [9.17, 15) is 4.79 Å². The second-order valence-electron chi connectivity index (χ2n) is 3.96. The standard InChI is InChI=1S/C14H14N2O/c15-12-6-7-13(16-10-12)9-14(17)8-11-4-2-1-3-5-11/h1-7,10H,8-9,15H2. The van der Waals surface area contributed by atoms with Gasteiger partial charge in [-0.25, -0.2) is 0 Å². The van der Waals surface area contributed by atoms with Crippen molar-refractivity contribution in [3.8, 4) is 0 Å². The molecule has 3 heteroatoms. The Balaban J connectivity index is 1.96. The van der Waals surface area contributed by atoms with Gasteiger partial charge in [0.2, 0.25) is 0 Å². The quantitative estimate of drug-likeness (QED) is 0.867. The summed E-state index contributed by atoms with van der Waals surface area (Å²) >= 11 is 0. The highest BCUT2D eigenvalue weighted by Gasteiger charge is 2.05. The van der Waals surface area contributed by atoms with E-state index in [1.54, 1.807) is 18.3 Å². The van der Waals surface area contributed by atoms with E-state index in [4.69, 9.17) is 5.73 Å². The van der Waals surface area contributed by atoms with E-state index in [1.165, 1.54) is 0 Å². The van der Waals surface area contributed by atoms with E-state index >= 15 is 0 Å². The minimum Gasteiger partial charge on any atom is -0.397 e. The molecule has 0 unspecified atom stereocenters. The van der Waals surface area contributed by atoms with Crippen LogP contribution in [0.2, 0.25) is 0 Å². The summed E-state index contributed by atoms with van der Waals surface area (Å²) in [6, 6.07) is 13.3. The normalized spacial score (nSPS) is 10.1. The van der Waals surface area contributed by atoms with Crippen LogP contribution in [0.4, 0.5) is 5.69 Å². The highest BCUT2D eigenvalue weighted by Crippen LogP contribution is 2.05. The Hall–Kier alpha value is -2.16. The number of benzene rings is 1. The van der Waals surface area contributed by atoms with Crippen LogP contribution in [0, 0.1) is 0 Å². The molecule has 17 heavy (non-hydrogen) atoms. The highest BCUT2D eigenvalue weighted by atomic mass is 16.1. The zero-order chi connectivity index (χ0) is 12.1. The maximum Gasteiger partial charge on any atom is 0.143 e. The van der Waals surface area contributed by atoms with Gasteiger partial charge in [-0.1, -0.05) is 30.3 Å². The average Bonchev–Trinajstić information content (AvgIpc) is 2.33. The van der Waals surface area contributed by atoms with Crippen molar-refractivity contribution in [3.63, 3.8) is 0 Å². The Morgan fingerprint density at radius 1 is 1.06 bits per heavy atom. The largest absolute Gasteiger partial charge is 0.397 e. The number of nitrogen functional groups attached to an aromatic ring is 1. The van der Waals surface area contributed by atoms with Crippen LogP contribution < -0.4 is 5.73 Å². The summed E-state index contributed by atoms with van der Waals surface area (Å²) in [6.45, 7) is 0. The number of nitrogens with zero attached hydrogens (tertiary/aromatic N) is 1. The number of hydrogen-bond acceptors (Lipinski definition) is 3. The molecule has 0 saturated heterocycles. The van der Waals surface area contributed by atoms with Crippen molar-refractivity contribution < 1.29 is 4.79 Å². The lowest BCUT2D eigenvalue weighted by atomic mass is 10.1. The number of anilines is 1. The fourth-order valence-corrected chi connectivity index (χ4v) is 1.63. The van der Waals surface area contributed by atoms with Gasteiger partial charge in [-0.15, -0.1) is 0 Å². The maximum atomic E-state index is 11.8. The van der Waals surface area contributed by atoms with Gasteiger partial charge >= 0.3 is 0 Å². The van der Waals surface area contributed by atoms with Crippen LogP contribution in [0.5, 0.6) is 0 Å². The third kappa shape index (κ3) is 3.41. The van der Waals surface area contributed by atoms with Crippen LogP contribution >= 0.6 is 0 Å². The molecule has 2 N–H and O–H groups in total. The SMILES string of the molecule is Nc1ccc(CC(=O)Cc2ccccc2)nc1. The topological polar surface area (TPSA) is 56.0 Å². The Morgan fingerprint density at radius 2 is 1.82 bits per heavy atom. The average molecular weight is 226 g/mol. The lowest BCUT2D eigenvalue weighted by Crippen LogP contribution is -2.07. The summed E-state index contributed by atoms with van der Waals surface area (Å²) in [7, 11) is 0. The fourth-order valence-electron chi connectivity index (χ4n) is 1.63. The van der Waals surface area contributed by atoms with Crippen molar-refractivity contribution in [2.75, 3.05) is 5.73 Å². The van der Waals surface area contributed by atoms with E-state index < -0.39 is 0 Å². The lowest BCUT2D eigenvalue weighted by Gasteiger charge is -2.01. The first-order chi connectivity index (χ1) is 8.24. The van der Waals surface area contributed by atoms with Gasteiger partial charge in [0.05, 0.1) is 11.9 Å². The molecule has 0 spiro atoms. The van der Waals surface area contributed by atoms with E-state index in [0.717, 1.165) is 11.3 Å². The molecule has 1 aromatic heterocycles. The van der Waals surface area contributed by atoms with Crippen molar-refractivity contribution in [1.82, 2.24) is 4.98 Å². The molecule has 2 rings (SSSR count). The third-order valence-electron chi connectivity index (χ3n) is 2.47. The predicted octanol–water partition coefficient (Wildman–Crippen LogP) is 2.02. The molecule has 0 bridgehead atoms. The molecule has 0 amide bonds. The minimum atomic E-state index is 0.161. The van der Waals surface area contributed by atoms with E-state index in [0.29, 0.717) is 18.5 Å². The van der Waals surface area contributed by atoms with E-state index in [1.807, 2.05) is 30.3 Å². The molecule has 0 aliphatic carbocycles. The first-order valence-corrected chi connectivity index (χ1v) is 5.50. The smallest absolute Gasteiger partial charge is 0.143 e. The van der Waals surface area contributed by atoms with Gasteiger partial charge in [-0.2, -0.15) is 0 Å². The van der Waals surface area contributed by atoms with Gasteiger partial charge in [0, 0.05) is 18.5 Å². The van der Waals surface area contributed by atoms with Crippen LogP contribution in [0.3, 0.4) is 0 Å². The number of carbonyl (C=O) groups is 1. The second-order valence-corrected chi connectivity index (χ2v) is 3.96. The van der Waals surface area contributed by atoms with E-state index in [2.05, 4.69) is 4.98 Å². The lowest BCUT2D eigenvalue weighted by molar-refractivity contribution is -0.117. The first kappa shape index (κ1) is 11.3. The first-order valence-electron chi connectivity index (χ1n) is 5.50. The monoisotopic (exact) mass is 226 g/mol. The molecule has 0 atom stereocenters. The zero-order valence-corrected chi connectivity index (χ0v) is 9.47. The molecule has 86 valence electrons. The molecule has 0 aliphatic heterocycles. The van der Waals surface area contributed by atoms with Crippen LogP contribution in [-0.4, -0.2) is 10.8 Å². The molecule has 3 nitrogen and oxygen atoms in total. The van der Waals surface area contributed by atoms with Gasteiger partial charge in [0.1, 0.15) is 5.78 Å². The molecule has 0 radical (unpaired) electrons. The molecular weight excluding hydrogens is 212 g/mol. The zero-order valence-electron chi connectivity index (χ0n) is 9.47. The van der Waals surface area contributed by atoms with Crippen molar-refractivity contribution in [2.45, 2.75) is 12.8 Å². The summed E-state index contributed by atoms with van der Waals surface area (Å²) in [6.07, 6.45) is 2.38. The fraction of sp³-hybridized carbons (Fsp3) is 0.143. The molecule has 0 saturated carbocycles. The van der Waals surface area contributed by atoms with Crippen molar-refractivity contribution in [2.24, 2.45) is 0 Å². The summed E-state index contributed by atoms with van der Waals surface area (Å²) in [5.41, 5.74) is 7.95. The van der Waals surface area contributed by atoms with Crippen LogP contribution in [0.25, 0.3) is 0 Å². The number of carbonyl (C=O) groups excluding carboxylic acids is 1. The third-order valence-corrected chi connectivity index (χ3v) is 2.47. The van der Waals surface area contributed by atoms with E-state index in [-0.39, 0.29) is 5.78 Å². The van der Waals surface area contributed by atoms with Gasteiger partial charge in [-0.05, 0) is 17.7 Å². The van der Waals surface area contributed by atoms with Crippen LogP contribution in [-0.2, 0) is 17.6 Å². The number of ketones is 1. The number of hydrogen-bond donors (Lipinski definition) is 1. The summed E-state index contributed by atoms with van der Waals surface area (Å²) in [4.78, 5) is 15.9. The molecule has 0 aliphatic rings. The number of aromatic nitrogens is 1.